The van der Waals surface area contributed by atoms with Crippen LogP contribution in [0.15, 0.2) is 11.5 Å². The van der Waals surface area contributed by atoms with Gasteiger partial charge in [-0.3, -0.25) is 4.89 Å². The molecule has 2 aliphatic rings. The number of aliphatic hydroxyl groups is 3. The summed E-state index contributed by atoms with van der Waals surface area (Å²) in [6, 6.07) is 0. The van der Waals surface area contributed by atoms with Crippen LogP contribution in [0.4, 0.5) is 0 Å². The van der Waals surface area contributed by atoms with E-state index in [0.29, 0.717) is 23.5 Å². The molecule has 1 radical (unpaired) electrons. The van der Waals surface area contributed by atoms with Crippen molar-refractivity contribution >= 4 is 65.2 Å². The molecule has 0 saturated carbocycles. The first-order chi connectivity index (χ1) is 21.5. The molecule has 2 aliphatic heterocycles. The Morgan fingerprint density at radius 1 is 0.936 bits per heavy atom. The third-order valence-electron chi connectivity index (χ3n) is 9.71. The summed E-state index contributed by atoms with van der Waals surface area (Å²) in [6.45, 7) is 16.1. The zero-order valence-corrected chi connectivity index (χ0v) is 34.1. The number of carbonyl (C=O) groups is 1. The average molecular weight is 708 g/mol. The Morgan fingerprint density at radius 3 is 2.09 bits per heavy atom. The van der Waals surface area contributed by atoms with Crippen LogP contribution in [0, 0.1) is 38.5 Å². The molecule has 4 N–H and O–H groups in total. The molecule has 0 aromatic heterocycles. The Labute approximate surface area is 324 Å². The summed E-state index contributed by atoms with van der Waals surface area (Å²) < 4.78 is 34.9. The van der Waals surface area contributed by atoms with Crippen molar-refractivity contribution in [2.75, 3.05) is 6.61 Å². The standard InChI is InChI=1S/C35H57O10P.K/c1-21(2)12-9-13-22(3)14-10-15-23(4)16-11-18-35(8)19-17-27-26(7)30(24(5)25(6)31(27)43-35)44-46(40,41)45-33-29(38)32(28(37)20-36)42-34(33)39;/h21-23,28,32,36-38H,9-20H2,1-8H3,(H,40,41);/t22?,23?,28?,32-,35?;/m1./s1. The Kier molecular flexibility index (Phi) is 16.8. The van der Waals surface area contributed by atoms with E-state index in [1.165, 1.54) is 44.9 Å². The molecule has 12 heteroatoms. The number of ether oxygens (including phenoxy) is 2. The summed E-state index contributed by atoms with van der Waals surface area (Å²) in [7, 11) is -4.99. The van der Waals surface area contributed by atoms with Gasteiger partial charge < -0.3 is 33.8 Å². The van der Waals surface area contributed by atoms with Gasteiger partial charge in [0.25, 0.3) is 5.76 Å². The number of cyclic esters (lactones) is 1. The van der Waals surface area contributed by atoms with Gasteiger partial charge in [0.1, 0.15) is 23.2 Å². The number of fused-ring (bicyclic) bond motifs is 1. The van der Waals surface area contributed by atoms with Crippen LogP contribution in [-0.2, 0) is 25.0 Å². The van der Waals surface area contributed by atoms with Gasteiger partial charge in [0, 0.05) is 56.9 Å². The number of phosphoric acid groups is 1. The molecule has 1 aromatic rings. The predicted octanol–water partition coefficient (Wildman–Crippen LogP) is 7.30. The molecule has 0 saturated heterocycles. The summed E-state index contributed by atoms with van der Waals surface area (Å²) in [5.41, 5.74) is 2.57. The van der Waals surface area contributed by atoms with Gasteiger partial charge in [-0.2, -0.15) is 0 Å². The van der Waals surface area contributed by atoms with Crippen LogP contribution in [0.25, 0.3) is 0 Å². The van der Waals surface area contributed by atoms with E-state index in [-0.39, 0.29) is 62.7 Å². The predicted molar refractivity (Wildman–Crippen MR) is 183 cm³/mol. The zero-order chi connectivity index (χ0) is 34.4. The molecule has 263 valence electrons. The van der Waals surface area contributed by atoms with E-state index in [0.717, 1.165) is 48.0 Å². The van der Waals surface area contributed by atoms with E-state index < -0.39 is 44.1 Å². The van der Waals surface area contributed by atoms with E-state index in [2.05, 4.69) is 34.6 Å². The number of aliphatic hydroxyl groups excluding tert-OH is 3. The first kappa shape index (κ1) is 42.5. The summed E-state index contributed by atoms with van der Waals surface area (Å²) in [5.74, 6) is 0.0670. The fourth-order valence-corrected chi connectivity index (χ4v) is 7.49. The van der Waals surface area contributed by atoms with Gasteiger partial charge in [-0.25, -0.2) is 9.36 Å². The minimum Gasteiger partial charge on any atom is -0.505 e. The monoisotopic (exact) mass is 707 g/mol. The first-order valence-corrected chi connectivity index (χ1v) is 18.4. The fraction of sp³-hybridized carbons (Fsp3) is 0.743. The molecule has 0 amide bonds. The van der Waals surface area contributed by atoms with Gasteiger partial charge >= 0.3 is 13.8 Å². The van der Waals surface area contributed by atoms with E-state index in [4.69, 9.17) is 23.6 Å². The third-order valence-corrected chi connectivity index (χ3v) is 10.5. The molecule has 0 fully saturated rings. The molecule has 47 heavy (non-hydrogen) atoms. The van der Waals surface area contributed by atoms with Crippen LogP contribution in [-0.4, -0.2) is 102 Å². The van der Waals surface area contributed by atoms with Crippen LogP contribution < -0.4 is 9.26 Å². The third kappa shape index (κ3) is 11.7. The van der Waals surface area contributed by atoms with E-state index in [9.17, 15) is 24.5 Å². The van der Waals surface area contributed by atoms with E-state index in [1.807, 2.05) is 6.92 Å². The van der Waals surface area contributed by atoms with Crippen molar-refractivity contribution in [3.63, 3.8) is 0 Å². The second kappa shape index (κ2) is 18.6. The van der Waals surface area contributed by atoms with Gasteiger partial charge in [-0.05, 0) is 87.8 Å². The maximum absolute atomic E-state index is 13.0. The molecular formula is C35H57KO10P. The van der Waals surface area contributed by atoms with Gasteiger partial charge in [0.2, 0.25) is 0 Å². The number of phosphoric ester groups is 1. The zero-order valence-electron chi connectivity index (χ0n) is 30.1. The second-order valence-electron chi connectivity index (χ2n) is 14.4. The fourth-order valence-electron chi connectivity index (χ4n) is 6.55. The SMILES string of the molecule is Cc1c(C)c2c(c(C)c1OP(=O)(O)OC1=C(O)[C@@H](C(O)CO)OC1=O)CCC(C)(CCCC(C)CCCC(C)CCCC(C)C)O2.[K]. The Morgan fingerprint density at radius 2 is 1.51 bits per heavy atom. The second-order valence-corrected chi connectivity index (χ2v) is 15.7. The average Bonchev–Trinajstić information content (AvgIpc) is 3.25. The minimum absolute atomic E-state index is 0. The molecule has 0 bridgehead atoms. The minimum atomic E-state index is -4.99. The van der Waals surface area contributed by atoms with Crippen molar-refractivity contribution in [2.24, 2.45) is 17.8 Å². The van der Waals surface area contributed by atoms with Crippen molar-refractivity contribution in [3.8, 4) is 11.5 Å². The molecule has 2 heterocycles. The van der Waals surface area contributed by atoms with Gasteiger partial charge in [0.05, 0.1) is 6.61 Å². The number of hydrogen-bond acceptors (Lipinski definition) is 9. The maximum atomic E-state index is 13.0. The number of benzene rings is 1. The molecule has 10 nitrogen and oxygen atoms in total. The Hall–Kier alpha value is -0.624. The summed E-state index contributed by atoms with van der Waals surface area (Å²) in [5, 5.41) is 29.1. The summed E-state index contributed by atoms with van der Waals surface area (Å²) in [6.07, 6.45) is 9.29. The first-order valence-electron chi connectivity index (χ1n) is 16.9. The molecular weight excluding hydrogens is 650 g/mol. The number of esters is 1. The van der Waals surface area contributed by atoms with Gasteiger partial charge in [-0.1, -0.05) is 72.6 Å². The van der Waals surface area contributed by atoms with E-state index >= 15 is 0 Å². The number of rotatable bonds is 18. The van der Waals surface area contributed by atoms with Crippen LogP contribution in [0.3, 0.4) is 0 Å². The van der Waals surface area contributed by atoms with Crippen molar-refractivity contribution in [2.45, 2.75) is 144 Å². The van der Waals surface area contributed by atoms with Crippen LogP contribution >= 0.6 is 7.82 Å². The smallest absolute Gasteiger partial charge is 0.505 e. The van der Waals surface area contributed by atoms with Crippen LogP contribution in [0.5, 0.6) is 11.5 Å². The molecule has 1 aromatic carbocycles. The molecule has 6 atom stereocenters. The van der Waals surface area contributed by atoms with Crippen LogP contribution in [0.2, 0.25) is 0 Å². The van der Waals surface area contributed by atoms with Crippen LogP contribution in [0.1, 0.15) is 121 Å². The summed E-state index contributed by atoms with van der Waals surface area (Å²) >= 11 is 0. The Bertz CT molecular complexity index is 1300. The largest absolute Gasteiger partial charge is 0.585 e. The Balaban J connectivity index is 0.00000768. The molecule has 0 spiro atoms. The topological polar surface area (TPSA) is 152 Å². The molecule has 5 unspecified atom stereocenters. The number of carbonyl (C=O) groups excluding carboxylic acids is 1. The number of hydrogen-bond donors (Lipinski definition) is 4. The van der Waals surface area contributed by atoms with Gasteiger partial charge in [0.15, 0.2) is 11.9 Å². The van der Waals surface area contributed by atoms with Crippen molar-refractivity contribution < 1.29 is 48.1 Å². The van der Waals surface area contributed by atoms with Crippen molar-refractivity contribution in [1.29, 1.82) is 0 Å². The van der Waals surface area contributed by atoms with Gasteiger partial charge in [-0.15, -0.1) is 0 Å². The van der Waals surface area contributed by atoms with Crippen molar-refractivity contribution in [1.82, 2.24) is 0 Å². The molecule has 3 rings (SSSR count). The normalized spacial score (nSPS) is 22.5. The maximum Gasteiger partial charge on any atom is 0.585 e. The van der Waals surface area contributed by atoms with E-state index in [1.54, 1.807) is 13.8 Å². The quantitative estimate of drug-likeness (QED) is 0.0695. The summed E-state index contributed by atoms with van der Waals surface area (Å²) in [4.78, 5) is 22.7. The van der Waals surface area contributed by atoms with Crippen molar-refractivity contribution in [3.05, 3.63) is 33.8 Å². The molecule has 0 aliphatic carbocycles.